The lowest BCUT2D eigenvalue weighted by Gasteiger charge is -2.07. The minimum absolute atomic E-state index is 0.800. The zero-order valence-electron chi connectivity index (χ0n) is 31.0. The molecule has 2 aromatic heterocycles. The number of benzene rings is 9. The fourth-order valence-corrected chi connectivity index (χ4v) is 8.24. The number of furan rings is 1. The van der Waals surface area contributed by atoms with Crippen molar-refractivity contribution in [2.45, 2.75) is 0 Å². The highest BCUT2D eigenvalue weighted by atomic mass is 16.3. The van der Waals surface area contributed by atoms with E-state index in [0.29, 0.717) is 0 Å². The van der Waals surface area contributed by atoms with Gasteiger partial charge in [0.25, 0.3) is 0 Å². The summed E-state index contributed by atoms with van der Waals surface area (Å²) in [6, 6.07) is 73.0. The lowest BCUT2D eigenvalue weighted by Crippen LogP contribution is -2.14. The van der Waals surface area contributed by atoms with Gasteiger partial charge in [0.05, 0.1) is 5.56 Å². The third-order valence-corrected chi connectivity index (χ3v) is 11.2. The van der Waals surface area contributed by atoms with E-state index in [1.54, 1.807) is 0 Å². The average Bonchev–Trinajstić information content (AvgIpc) is 3.69. The smallest absolute Gasteiger partial charge is 0.329 e. The third-order valence-electron chi connectivity index (χ3n) is 11.2. The Hall–Kier alpha value is -7.62. The molecule has 0 saturated heterocycles. The molecule has 0 aliphatic rings. The number of aromatic nitrogens is 2. The van der Waals surface area contributed by atoms with E-state index in [4.69, 9.17) is 9.40 Å². The fraction of sp³-hybridized carbons (Fsp3) is 0. The molecule has 57 heavy (non-hydrogen) atoms. The monoisotopic (exact) mass is 727 g/mol. The lowest BCUT2D eigenvalue weighted by molar-refractivity contribution is -0.355. The summed E-state index contributed by atoms with van der Waals surface area (Å²) < 4.78 is 6.86. The van der Waals surface area contributed by atoms with Gasteiger partial charge in [0.15, 0.2) is 5.69 Å². The van der Waals surface area contributed by atoms with Gasteiger partial charge in [0.1, 0.15) is 16.9 Å². The first-order valence-electron chi connectivity index (χ1n) is 19.4. The van der Waals surface area contributed by atoms with E-state index in [9.17, 15) is 0 Å². The van der Waals surface area contributed by atoms with Crippen LogP contribution in [0.5, 0.6) is 0 Å². The van der Waals surface area contributed by atoms with Crippen molar-refractivity contribution in [2.24, 2.45) is 0 Å². The Morgan fingerprint density at radius 3 is 1.60 bits per heavy atom. The molecule has 3 heteroatoms. The molecule has 2 heterocycles. The van der Waals surface area contributed by atoms with Crippen molar-refractivity contribution in [3.05, 3.63) is 206 Å². The van der Waals surface area contributed by atoms with Crippen molar-refractivity contribution in [3.8, 4) is 67.3 Å². The third kappa shape index (κ3) is 5.85. The van der Waals surface area contributed by atoms with Gasteiger partial charge in [-0.25, -0.2) is 4.98 Å². The molecule has 0 amide bonds. The molecule has 0 fully saturated rings. The zero-order valence-corrected chi connectivity index (χ0v) is 31.0. The maximum atomic E-state index is 6.86. The van der Waals surface area contributed by atoms with Gasteiger partial charge < -0.3 is 4.42 Å². The van der Waals surface area contributed by atoms with Crippen LogP contribution in [0.2, 0.25) is 0 Å². The number of H-pyrrole nitrogens is 1. The van der Waals surface area contributed by atoms with E-state index in [2.05, 4.69) is 199 Å². The number of nitrogens with one attached hydrogen (secondary N) is 1. The molecule has 9 aromatic carbocycles. The van der Waals surface area contributed by atoms with Crippen molar-refractivity contribution in [1.29, 1.82) is 0 Å². The summed E-state index contributed by atoms with van der Waals surface area (Å²) in [5.41, 5.74) is 13.8. The summed E-state index contributed by atoms with van der Waals surface area (Å²) in [6.07, 6.45) is 0. The second-order valence-corrected chi connectivity index (χ2v) is 14.6. The van der Waals surface area contributed by atoms with Crippen molar-refractivity contribution in [2.75, 3.05) is 0 Å². The maximum absolute atomic E-state index is 6.86. The summed E-state index contributed by atoms with van der Waals surface area (Å²) in [5.74, 6) is 0.800. The minimum atomic E-state index is 0.800. The topological polar surface area (TPSA) is 40.2 Å². The number of rotatable bonds is 6. The summed E-state index contributed by atoms with van der Waals surface area (Å²) in [5, 5.41) is 6.99. The number of para-hydroxylation sites is 1. The van der Waals surface area contributed by atoms with Gasteiger partial charge in [-0.2, -0.15) is 0 Å². The largest absolute Gasteiger partial charge is 0.455 e. The normalized spacial score (nSPS) is 11.5. The second-order valence-electron chi connectivity index (χ2n) is 14.6. The Bertz CT molecular complexity index is 3140. The summed E-state index contributed by atoms with van der Waals surface area (Å²) >= 11 is 0. The Morgan fingerprint density at radius 2 is 0.877 bits per heavy atom. The molecular formula is C54H35N2O+. The molecular weight excluding hydrogens is 693 g/mol. The van der Waals surface area contributed by atoms with Gasteiger partial charge in [-0.15, -0.1) is 0 Å². The quantitative estimate of drug-likeness (QED) is 0.160. The van der Waals surface area contributed by atoms with E-state index in [0.717, 1.165) is 72.4 Å². The van der Waals surface area contributed by atoms with Crippen molar-refractivity contribution < 1.29 is 9.40 Å². The summed E-state index contributed by atoms with van der Waals surface area (Å²) in [4.78, 5) is 8.92. The molecule has 1 N–H and O–H groups in total. The van der Waals surface area contributed by atoms with Crippen molar-refractivity contribution >= 4 is 43.5 Å². The molecule has 0 atom stereocenters. The van der Waals surface area contributed by atoms with Crippen LogP contribution in [0.15, 0.2) is 211 Å². The number of aromatic amines is 1. The Balaban J connectivity index is 1.00. The van der Waals surface area contributed by atoms with Crippen LogP contribution in [0.1, 0.15) is 0 Å². The van der Waals surface area contributed by atoms with E-state index in [-0.39, 0.29) is 0 Å². The molecule has 11 aromatic rings. The summed E-state index contributed by atoms with van der Waals surface area (Å²) in [7, 11) is 0. The summed E-state index contributed by atoms with van der Waals surface area (Å²) in [6.45, 7) is 0. The van der Waals surface area contributed by atoms with E-state index in [1.807, 2.05) is 12.1 Å². The van der Waals surface area contributed by atoms with Crippen LogP contribution in [-0.4, -0.2) is 4.98 Å². The molecule has 0 aliphatic carbocycles. The molecule has 0 aliphatic heterocycles. The molecule has 266 valence electrons. The van der Waals surface area contributed by atoms with Gasteiger partial charge in [0, 0.05) is 38.9 Å². The van der Waals surface area contributed by atoms with Crippen LogP contribution in [-0.2, 0) is 0 Å². The highest BCUT2D eigenvalue weighted by Crippen LogP contribution is 2.41. The standard InChI is InChI=1S/C54H34N2O/c1-3-10-35(11-4-1)37-18-25-41(26-19-37)49-34-50(42-27-20-38(21-28-42)36-12-5-2-6-13-36)56-54(55-49)44-30-23-40(24-31-44)46-16-9-17-47-48-33-32-43-29-22-39-14-7-8-15-45(39)51(43)53(48)57-52(46)47/h1-34H/p+1. The number of nitrogens with zero attached hydrogens (tertiary/aromatic N) is 1. The Morgan fingerprint density at radius 1 is 0.351 bits per heavy atom. The molecule has 0 spiro atoms. The highest BCUT2D eigenvalue weighted by Gasteiger charge is 2.20. The van der Waals surface area contributed by atoms with Crippen LogP contribution in [0, 0.1) is 0 Å². The average molecular weight is 728 g/mol. The van der Waals surface area contributed by atoms with Crippen LogP contribution < -0.4 is 4.98 Å². The van der Waals surface area contributed by atoms with E-state index >= 15 is 0 Å². The van der Waals surface area contributed by atoms with Gasteiger partial charge >= 0.3 is 5.82 Å². The van der Waals surface area contributed by atoms with E-state index in [1.165, 1.54) is 38.4 Å². The predicted molar refractivity (Wildman–Crippen MR) is 236 cm³/mol. The van der Waals surface area contributed by atoms with Crippen LogP contribution in [0.3, 0.4) is 0 Å². The number of hydrogen-bond donors (Lipinski definition) is 0. The second kappa shape index (κ2) is 13.6. The van der Waals surface area contributed by atoms with Crippen LogP contribution in [0.4, 0.5) is 0 Å². The SMILES string of the molecule is c1ccc(-c2ccc(-c3cc(-c4ccc(-c5ccccc5)cc4)[nH+]c(-c4ccc(-c5cccc6c5oc5c6ccc6ccc7ccccc7c65)cc4)n3)cc2)cc1. The van der Waals surface area contributed by atoms with Gasteiger partial charge in [-0.3, -0.25) is 0 Å². The molecule has 11 rings (SSSR count). The molecule has 3 nitrogen and oxygen atoms in total. The fourth-order valence-electron chi connectivity index (χ4n) is 8.24. The Kier molecular flexibility index (Phi) is 7.82. The Labute approximate surface area is 330 Å². The minimum Gasteiger partial charge on any atom is -0.455 e. The maximum Gasteiger partial charge on any atom is 0.329 e. The first-order valence-corrected chi connectivity index (χ1v) is 19.4. The lowest BCUT2D eigenvalue weighted by atomic mass is 9.98. The number of fused-ring (bicyclic) bond motifs is 7. The van der Waals surface area contributed by atoms with E-state index < -0.39 is 0 Å². The van der Waals surface area contributed by atoms with Gasteiger partial charge in [-0.05, 0) is 79.3 Å². The van der Waals surface area contributed by atoms with Gasteiger partial charge in [-0.1, -0.05) is 170 Å². The first-order chi connectivity index (χ1) is 28.2. The predicted octanol–water partition coefficient (Wildman–Crippen LogP) is 14.1. The van der Waals surface area contributed by atoms with Crippen molar-refractivity contribution in [1.82, 2.24) is 4.98 Å². The van der Waals surface area contributed by atoms with Crippen LogP contribution in [0.25, 0.3) is 111 Å². The molecule has 0 radical (unpaired) electrons. The number of hydrogen-bond acceptors (Lipinski definition) is 2. The van der Waals surface area contributed by atoms with Gasteiger partial charge in [0.2, 0.25) is 0 Å². The molecule has 0 unspecified atom stereocenters. The zero-order chi connectivity index (χ0) is 37.7. The molecule has 0 saturated carbocycles. The highest BCUT2D eigenvalue weighted by molar-refractivity contribution is 6.24. The molecule has 0 bridgehead atoms. The first kappa shape index (κ1) is 32.8. The van der Waals surface area contributed by atoms with Crippen LogP contribution >= 0.6 is 0 Å². The van der Waals surface area contributed by atoms with Crippen molar-refractivity contribution in [3.63, 3.8) is 0 Å².